The topological polar surface area (TPSA) is 29.3 Å². The molecule has 2 aromatic rings. The molecule has 0 heterocycles. The molecule has 0 saturated carbocycles. The Kier molecular flexibility index (Phi) is 5.97. The van der Waals surface area contributed by atoms with Crippen LogP contribution in [0.5, 0.6) is 0 Å². The highest BCUT2D eigenvalue weighted by atomic mass is 15.1. The van der Waals surface area contributed by atoms with E-state index in [1.54, 1.807) is 0 Å². The summed E-state index contributed by atoms with van der Waals surface area (Å²) in [5.41, 5.74) is 9.76. The molecule has 2 aromatic carbocycles. The predicted molar refractivity (Wildman–Crippen MR) is 90.1 cm³/mol. The van der Waals surface area contributed by atoms with Gasteiger partial charge in [-0.25, -0.2) is 0 Å². The van der Waals surface area contributed by atoms with Crippen LogP contribution in [0.4, 0.5) is 0 Å². The maximum atomic E-state index is 5.71. The molecule has 2 nitrogen and oxygen atoms in total. The molecule has 0 amide bonds. The van der Waals surface area contributed by atoms with Crippen LogP contribution in [-0.2, 0) is 6.54 Å². The second-order valence-corrected chi connectivity index (χ2v) is 5.69. The molecule has 2 heteroatoms. The molecule has 0 fully saturated rings. The third-order valence-electron chi connectivity index (χ3n) is 3.95. The van der Waals surface area contributed by atoms with E-state index in [1.807, 2.05) is 0 Å². The van der Waals surface area contributed by atoms with Gasteiger partial charge in [-0.3, -0.25) is 4.90 Å². The van der Waals surface area contributed by atoms with Crippen LogP contribution in [0.25, 0.3) is 0 Å². The SMILES string of the molecule is Cc1cccc(C(C)N(CCCN)Cc2ccccc2)c1. The van der Waals surface area contributed by atoms with Crippen LogP contribution in [-0.4, -0.2) is 18.0 Å². The van der Waals surface area contributed by atoms with E-state index in [4.69, 9.17) is 5.73 Å². The van der Waals surface area contributed by atoms with Crippen molar-refractivity contribution in [2.24, 2.45) is 5.73 Å². The highest BCUT2D eigenvalue weighted by molar-refractivity contribution is 5.25. The van der Waals surface area contributed by atoms with Gasteiger partial charge in [0, 0.05) is 19.1 Å². The number of hydrogen-bond donors (Lipinski definition) is 1. The molecule has 0 spiro atoms. The average Bonchev–Trinajstić information content (AvgIpc) is 2.51. The minimum Gasteiger partial charge on any atom is -0.330 e. The average molecular weight is 282 g/mol. The Balaban J connectivity index is 2.14. The fourth-order valence-electron chi connectivity index (χ4n) is 2.66. The Hall–Kier alpha value is -1.64. The van der Waals surface area contributed by atoms with Crippen LogP contribution in [0.3, 0.4) is 0 Å². The first-order valence-corrected chi connectivity index (χ1v) is 7.75. The zero-order chi connectivity index (χ0) is 15.1. The molecule has 2 rings (SSSR count). The molecule has 0 aliphatic carbocycles. The molecular weight excluding hydrogens is 256 g/mol. The first-order chi connectivity index (χ1) is 10.2. The van der Waals surface area contributed by atoms with Gasteiger partial charge in [0.1, 0.15) is 0 Å². The van der Waals surface area contributed by atoms with E-state index >= 15 is 0 Å². The first-order valence-electron chi connectivity index (χ1n) is 7.75. The lowest BCUT2D eigenvalue weighted by Crippen LogP contribution is -2.29. The van der Waals surface area contributed by atoms with Gasteiger partial charge in [-0.2, -0.15) is 0 Å². The molecule has 112 valence electrons. The quantitative estimate of drug-likeness (QED) is 0.834. The molecule has 0 bridgehead atoms. The lowest BCUT2D eigenvalue weighted by molar-refractivity contribution is 0.200. The van der Waals surface area contributed by atoms with Crippen molar-refractivity contribution in [1.82, 2.24) is 4.90 Å². The monoisotopic (exact) mass is 282 g/mol. The standard InChI is InChI=1S/C19H26N2/c1-16-8-6-11-19(14-16)17(2)21(13-7-12-20)15-18-9-4-3-5-10-18/h3-6,8-11,14,17H,7,12-13,15,20H2,1-2H3. The number of rotatable bonds is 7. The fourth-order valence-corrected chi connectivity index (χ4v) is 2.66. The zero-order valence-corrected chi connectivity index (χ0v) is 13.1. The van der Waals surface area contributed by atoms with Gasteiger partial charge < -0.3 is 5.73 Å². The number of benzene rings is 2. The van der Waals surface area contributed by atoms with Gasteiger partial charge in [0.15, 0.2) is 0 Å². The summed E-state index contributed by atoms with van der Waals surface area (Å²) in [5.74, 6) is 0. The van der Waals surface area contributed by atoms with Crippen molar-refractivity contribution in [3.63, 3.8) is 0 Å². The molecule has 0 aliphatic rings. The van der Waals surface area contributed by atoms with Crippen molar-refractivity contribution in [1.29, 1.82) is 0 Å². The molecular formula is C19H26N2. The third-order valence-corrected chi connectivity index (χ3v) is 3.95. The van der Waals surface area contributed by atoms with E-state index in [9.17, 15) is 0 Å². The summed E-state index contributed by atoms with van der Waals surface area (Å²) in [4.78, 5) is 2.51. The Morgan fingerprint density at radius 2 is 1.81 bits per heavy atom. The lowest BCUT2D eigenvalue weighted by Gasteiger charge is -2.29. The van der Waals surface area contributed by atoms with E-state index in [0.29, 0.717) is 6.04 Å². The van der Waals surface area contributed by atoms with Crippen molar-refractivity contribution in [3.8, 4) is 0 Å². The molecule has 0 saturated heterocycles. The molecule has 1 atom stereocenters. The van der Waals surface area contributed by atoms with Crippen LogP contribution in [0.15, 0.2) is 54.6 Å². The smallest absolute Gasteiger partial charge is 0.0323 e. The Bertz CT molecular complexity index is 536. The van der Waals surface area contributed by atoms with E-state index in [2.05, 4.69) is 73.3 Å². The predicted octanol–water partition coefficient (Wildman–Crippen LogP) is 3.91. The van der Waals surface area contributed by atoms with Gasteiger partial charge in [0.25, 0.3) is 0 Å². The highest BCUT2D eigenvalue weighted by Crippen LogP contribution is 2.23. The Morgan fingerprint density at radius 1 is 1.05 bits per heavy atom. The summed E-state index contributed by atoms with van der Waals surface area (Å²) in [6.07, 6.45) is 1.03. The number of aryl methyl sites for hydroxylation is 1. The Morgan fingerprint density at radius 3 is 2.48 bits per heavy atom. The van der Waals surface area contributed by atoms with Crippen molar-refractivity contribution in [2.75, 3.05) is 13.1 Å². The molecule has 0 radical (unpaired) electrons. The minimum absolute atomic E-state index is 0.400. The first kappa shape index (κ1) is 15.7. The van der Waals surface area contributed by atoms with Crippen LogP contribution < -0.4 is 5.73 Å². The summed E-state index contributed by atoms with van der Waals surface area (Å²) < 4.78 is 0. The summed E-state index contributed by atoms with van der Waals surface area (Å²) in [5, 5.41) is 0. The van der Waals surface area contributed by atoms with Gasteiger partial charge in [-0.05, 0) is 37.9 Å². The summed E-state index contributed by atoms with van der Waals surface area (Å²) in [6.45, 7) is 7.17. The summed E-state index contributed by atoms with van der Waals surface area (Å²) >= 11 is 0. The van der Waals surface area contributed by atoms with Gasteiger partial charge in [0.05, 0.1) is 0 Å². The molecule has 2 N–H and O–H groups in total. The normalized spacial score (nSPS) is 12.6. The number of hydrogen-bond acceptors (Lipinski definition) is 2. The van der Waals surface area contributed by atoms with Crippen LogP contribution in [0.1, 0.15) is 36.1 Å². The van der Waals surface area contributed by atoms with Crippen molar-refractivity contribution >= 4 is 0 Å². The van der Waals surface area contributed by atoms with Gasteiger partial charge >= 0.3 is 0 Å². The lowest BCUT2D eigenvalue weighted by atomic mass is 10.0. The van der Waals surface area contributed by atoms with Gasteiger partial charge in [-0.15, -0.1) is 0 Å². The highest BCUT2D eigenvalue weighted by Gasteiger charge is 2.15. The third kappa shape index (κ3) is 4.69. The largest absolute Gasteiger partial charge is 0.330 e. The molecule has 0 aliphatic heterocycles. The maximum absolute atomic E-state index is 5.71. The molecule has 21 heavy (non-hydrogen) atoms. The van der Waals surface area contributed by atoms with Gasteiger partial charge in [0.2, 0.25) is 0 Å². The van der Waals surface area contributed by atoms with Crippen molar-refractivity contribution in [3.05, 3.63) is 71.3 Å². The Labute approximate surface area is 128 Å². The second-order valence-electron chi connectivity index (χ2n) is 5.69. The van der Waals surface area contributed by atoms with Crippen molar-refractivity contribution in [2.45, 2.75) is 32.9 Å². The number of nitrogens with two attached hydrogens (primary N) is 1. The zero-order valence-electron chi connectivity index (χ0n) is 13.1. The van der Waals surface area contributed by atoms with Gasteiger partial charge in [-0.1, -0.05) is 60.2 Å². The number of nitrogens with zero attached hydrogens (tertiary/aromatic N) is 1. The second kappa shape index (κ2) is 7.96. The van der Waals surface area contributed by atoms with Crippen molar-refractivity contribution < 1.29 is 0 Å². The van der Waals surface area contributed by atoms with E-state index in [1.165, 1.54) is 16.7 Å². The fraction of sp³-hybridized carbons (Fsp3) is 0.368. The van der Waals surface area contributed by atoms with E-state index in [-0.39, 0.29) is 0 Å². The summed E-state index contributed by atoms with van der Waals surface area (Å²) in [6, 6.07) is 19.9. The minimum atomic E-state index is 0.400. The van der Waals surface area contributed by atoms with E-state index < -0.39 is 0 Å². The maximum Gasteiger partial charge on any atom is 0.0323 e. The van der Waals surface area contributed by atoms with Crippen LogP contribution >= 0.6 is 0 Å². The molecule has 0 aromatic heterocycles. The molecule has 1 unspecified atom stereocenters. The van der Waals surface area contributed by atoms with Crippen LogP contribution in [0.2, 0.25) is 0 Å². The van der Waals surface area contributed by atoms with E-state index in [0.717, 1.165) is 26.1 Å². The van der Waals surface area contributed by atoms with Crippen LogP contribution in [0, 0.1) is 6.92 Å². The summed E-state index contributed by atoms with van der Waals surface area (Å²) in [7, 11) is 0.